The zero-order valence-corrected chi connectivity index (χ0v) is 21.2. The van der Waals surface area contributed by atoms with Crippen LogP contribution in [0.25, 0.3) is 0 Å². The molecule has 0 aromatic heterocycles. The van der Waals surface area contributed by atoms with Gasteiger partial charge in [0.2, 0.25) is 0 Å². The third-order valence-electron chi connectivity index (χ3n) is 4.76. The van der Waals surface area contributed by atoms with E-state index in [0.29, 0.717) is 24.0 Å². The number of esters is 1. The molecule has 0 amide bonds. The molecule has 2 aromatic carbocycles. The van der Waals surface area contributed by atoms with Crippen LogP contribution < -0.4 is 0 Å². The number of allylic oxidation sites excluding steroid dienone is 3. The summed E-state index contributed by atoms with van der Waals surface area (Å²) in [4.78, 5) is 51.8. The molecule has 0 heterocycles. The summed E-state index contributed by atoms with van der Waals surface area (Å²) in [5.41, 5.74) is 2.70. The molecule has 0 saturated carbocycles. The lowest BCUT2D eigenvalue weighted by Gasteiger charge is -2.11. The SMILES string of the molecule is C/C(=C\CP(=O)(O)O[32P](=O)(O)O)CC/C=C(\C)COC(=O)c1cccc(C(=O)c2ccccc2)c1. The fourth-order valence-electron chi connectivity index (χ4n) is 2.98. The fraction of sp³-hybridized carbons (Fsp3) is 0.250. The molecule has 0 spiro atoms. The second-order valence-electron chi connectivity index (χ2n) is 7.88. The van der Waals surface area contributed by atoms with Gasteiger partial charge in [-0.1, -0.05) is 60.2 Å². The van der Waals surface area contributed by atoms with Gasteiger partial charge in [0, 0.05) is 11.1 Å². The molecule has 0 fully saturated rings. The number of carbonyl (C=O) groups excluding carboxylic acids is 2. The summed E-state index contributed by atoms with van der Waals surface area (Å²) in [6.45, 7) is 3.56. The molecule has 11 heteroatoms. The molecular weight excluding hydrogens is 495 g/mol. The molecule has 0 aliphatic heterocycles. The number of ether oxygens (including phenoxy) is 1. The quantitative estimate of drug-likeness (QED) is 0.151. The average Bonchev–Trinajstić information content (AvgIpc) is 2.80. The van der Waals surface area contributed by atoms with Crippen molar-refractivity contribution in [2.24, 2.45) is 0 Å². The number of carbonyl (C=O) groups is 2. The Morgan fingerprint density at radius 1 is 0.857 bits per heavy atom. The van der Waals surface area contributed by atoms with E-state index in [2.05, 4.69) is 4.31 Å². The maximum absolute atomic E-state index is 12.6. The summed E-state index contributed by atoms with van der Waals surface area (Å²) < 4.78 is 31.6. The number of benzene rings is 2. The van der Waals surface area contributed by atoms with Crippen LogP contribution >= 0.6 is 15.4 Å². The van der Waals surface area contributed by atoms with Gasteiger partial charge >= 0.3 is 21.4 Å². The Morgan fingerprint density at radius 2 is 1.49 bits per heavy atom. The largest absolute Gasteiger partial charge is 0.476 e. The minimum Gasteiger partial charge on any atom is -0.458 e. The van der Waals surface area contributed by atoms with Gasteiger partial charge in [0.05, 0.1) is 11.7 Å². The van der Waals surface area contributed by atoms with E-state index in [4.69, 9.17) is 14.5 Å². The smallest absolute Gasteiger partial charge is 0.458 e. The lowest BCUT2D eigenvalue weighted by molar-refractivity contribution is 0.0539. The second-order valence-corrected chi connectivity index (χ2v) is 11.2. The predicted octanol–water partition coefficient (Wildman–Crippen LogP) is 5.04. The maximum Gasteiger partial charge on any atom is 0.476 e. The summed E-state index contributed by atoms with van der Waals surface area (Å²) in [6.07, 6.45) is 3.80. The van der Waals surface area contributed by atoms with Crippen LogP contribution in [0.4, 0.5) is 0 Å². The summed E-state index contributed by atoms with van der Waals surface area (Å²) >= 11 is 0. The third kappa shape index (κ3) is 10.7. The van der Waals surface area contributed by atoms with Crippen molar-refractivity contribution in [1.82, 2.24) is 0 Å². The Morgan fingerprint density at radius 3 is 2.14 bits per heavy atom. The van der Waals surface area contributed by atoms with Crippen LogP contribution in [0, 0.1) is 0 Å². The highest BCUT2D eigenvalue weighted by Crippen LogP contribution is 2.56. The highest BCUT2D eigenvalue weighted by Gasteiger charge is 2.29. The lowest BCUT2D eigenvalue weighted by atomic mass is 10.0. The number of hydrogen-bond donors (Lipinski definition) is 3. The van der Waals surface area contributed by atoms with Gasteiger partial charge < -0.3 is 19.4 Å². The van der Waals surface area contributed by atoms with Crippen molar-refractivity contribution in [2.75, 3.05) is 12.8 Å². The van der Waals surface area contributed by atoms with Crippen molar-refractivity contribution in [3.05, 3.63) is 94.6 Å². The summed E-state index contributed by atoms with van der Waals surface area (Å²) in [5.74, 6) is -0.745. The maximum atomic E-state index is 12.6. The molecule has 0 bridgehead atoms. The Hall–Kier alpha value is -2.64. The van der Waals surface area contributed by atoms with E-state index in [-0.39, 0.29) is 18.0 Å². The highest BCUT2D eigenvalue weighted by atomic mass is 32.2. The molecule has 0 aliphatic carbocycles. The van der Waals surface area contributed by atoms with Crippen molar-refractivity contribution in [2.45, 2.75) is 26.7 Å². The molecule has 2 aromatic rings. The van der Waals surface area contributed by atoms with Gasteiger partial charge in [-0.2, -0.15) is 0 Å². The zero-order valence-electron chi connectivity index (χ0n) is 19.4. The summed E-state index contributed by atoms with van der Waals surface area (Å²) in [5, 5.41) is 0. The molecule has 0 saturated heterocycles. The molecule has 188 valence electrons. The van der Waals surface area contributed by atoms with E-state index in [1.807, 2.05) is 12.1 Å². The van der Waals surface area contributed by atoms with Gasteiger partial charge in [-0.15, -0.1) is 0 Å². The second kappa shape index (κ2) is 12.9. The van der Waals surface area contributed by atoms with E-state index in [1.165, 1.54) is 12.1 Å². The van der Waals surface area contributed by atoms with Crippen LogP contribution in [0.5, 0.6) is 0 Å². The number of rotatable bonds is 12. The average molecular weight is 523 g/mol. The zero-order chi connectivity index (χ0) is 26.1. The molecule has 9 nitrogen and oxygen atoms in total. The Labute approximate surface area is 203 Å². The van der Waals surface area contributed by atoms with Gasteiger partial charge in [-0.3, -0.25) is 9.36 Å². The Balaban J connectivity index is 1.85. The van der Waals surface area contributed by atoms with E-state index in [9.17, 15) is 23.6 Å². The van der Waals surface area contributed by atoms with E-state index >= 15 is 0 Å². The normalized spacial score (nSPS) is 14.3. The predicted molar refractivity (Wildman–Crippen MR) is 131 cm³/mol. The van der Waals surface area contributed by atoms with Gasteiger partial charge in [0.25, 0.3) is 0 Å². The van der Waals surface area contributed by atoms with Crippen LogP contribution in [-0.2, 0) is 18.2 Å². The Kier molecular flexibility index (Phi) is 10.5. The van der Waals surface area contributed by atoms with Crippen LogP contribution in [0.3, 0.4) is 0 Å². The third-order valence-corrected chi connectivity index (χ3v) is 7.28. The molecular formula is C24H28O9P2. The molecule has 1 unspecified atom stereocenters. The van der Waals surface area contributed by atoms with Crippen LogP contribution in [0.1, 0.15) is 53.0 Å². The van der Waals surface area contributed by atoms with Crippen molar-refractivity contribution in [3.8, 4) is 0 Å². The van der Waals surface area contributed by atoms with E-state index in [0.717, 1.165) is 11.1 Å². The van der Waals surface area contributed by atoms with Crippen molar-refractivity contribution >= 4 is 27.2 Å². The molecule has 3 N–H and O–H groups in total. The molecule has 0 aliphatic rings. The van der Waals surface area contributed by atoms with Crippen molar-refractivity contribution in [3.63, 3.8) is 0 Å². The van der Waals surface area contributed by atoms with Gasteiger partial charge in [0.15, 0.2) is 5.78 Å². The van der Waals surface area contributed by atoms with Crippen LogP contribution in [0.15, 0.2) is 77.9 Å². The first-order valence-electron chi connectivity index (χ1n) is 10.6. The van der Waals surface area contributed by atoms with Crippen LogP contribution in [-0.4, -0.2) is 39.2 Å². The minimum atomic E-state index is -5.05. The lowest BCUT2D eigenvalue weighted by Crippen LogP contribution is -2.09. The molecule has 1 atom stereocenters. The van der Waals surface area contributed by atoms with Gasteiger partial charge in [0.1, 0.15) is 6.61 Å². The first-order valence-corrected chi connectivity index (χ1v) is 13.9. The highest BCUT2D eigenvalue weighted by molar-refractivity contribution is 7.63. The minimum absolute atomic E-state index is 0.0560. The van der Waals surface area contributed by atoms with Gasteiger partial charge in [-0.25, -0.2) is 13.7 Å². The number of hydrogen-bond acceptors (Lipinski definition) is 6. The Bertz CT molecular complexity index is 1200. The number of ketones is 1. The van der Waals surface area contributed by atoms with Crippen LogP contribution in [0.2, 0.25) is 0 Å². The fourth-order valence-corrected chi connectivity index (χ4v) is 5.12. The standard InChI is InChI=1S/C24H28O9P2/c1-18(14-15-34(27,28)33-35(29,30)31)8-6-9-19(2)17-32-24(26)22-13-7-12-21(16-22)23(25)20-10-4-3-5-11-20/h3-5,7,9-14,16H,6,8,15,17H2,1-2H3,(H,27,28)(H2,29,30,31)/b18-14+,19-9+/i35+1. The first-order chi connectivity index (χ1) is 16.4. The number of phosphoric acid groups is 1. The summed E-state index contributed by atoms with van der Waals surface area (Å²) in [7, 11) is -9.48. The van der Waals surface area contributed by atoms with E-state index in [1.54, 1.807) is 56.3 Å². The van der Waals surface area contributed by atoms with Crippen molar-refractivity contribution in [1.29, 1.82) is 0 Å². The monoisotopic (exact) mass is 523 g/mol. The van der Waals surface area contributed by atoms with Crippen molar-refractivity contribution < 1.29 is 42.4 Å². The summed E-state index contributed by atoms with van der Waals surface area (Å²) in [6, 6.07) is 15.1. The van der Waals surface area contributed by atoms with E-state index < -0.39 is 27.5 Å². The first kappa shape index (κ1) is 28.6. The topological polar surface area (TPSA) is 147 Å². The molecule has 0 radical (unpaired) electrons. The molecule has 2 rings (SSSR count). The molecule has 35 heavy (non-hydrogen) atoms. The van der Waals surface area contributed by atoms with Gasteiger partial charge in [-0.05, 0) is 44.4 Å².